The molecule has 2 heteroatoms. The first-order chi connectivity index (χ1) is 9.15. The second-order valence-electron chi connectivity index (χ2n) is 5.97. The van der Waals surface area contributed by atoms with Crippen molar-refractivity contribution in [2.45, 2.75) is 57.9 Å². The van der Waals surface area contributed by atoms with Crippen LogP contribution in [0.5, 0.6) is 0 Å². The van der Waals surface area contributed by atoms with Crippen LogP contribution in [-0.2, 0) is 11.2 Å². The summed E-state index contributed by atoms with van der Waals surface area (Å²) >= 11 is 0. The maximum absolute atomic E-state index is 11.9. The highest BCUT2D eigenvalue weighted by Crippen LogP contribution is 2.17. The van der Waals surface area contributed by atoms with E-state index < -0.39 is 0 Å². The van der Waals surface area contributed by atoms with Gasteiger partial charge in [-0.3, -0.25) is 4.79 Å². The Hall–Kier alpha value is -1.15. The molecular formula is C17H25NO. The molecule has 0 amide bonds. The van der Waals surface area contributed by atoms with E-state index in [0.717, 1.165) is 5.56 Å². The van der Waals surface area contributed by atoms with Crippen molar-refractivity contribution in [2.75, 3.05) is 6.54 Å². The maximum Gasteiger partial charge on any atom is 0.150 e. The third kappa shape index (κ3) is 4.46. The number of Topliss-reactive ketones (excluding diaryl/α,β-unsaturated/α-hetero) is 1. The summed E-state index contributed by atoms with van der Waals surface area (Å²) in [6.45, 7) is 4.90. The molecule has 1 N–H and O–H groups in total. The van der Waals surface area contributed by atoms with E-state index in [1.807, 2.05) is 0 Å². The Bertz CT molecular complexity index is 402. The molecule has 0 bridgehead atoms. The predicted molar refractivity (Wildman–Crippen MR) is 79.5 cm³/mol. The summed E-state index contributed by atoms with van der Waals surface area (Å²) in [6, 6.07) is 9.02. The van der Waals surface area contributed by atoms with Gasteiger partial charge in [-0.2, -0.15) is 0 Å². The molecule has 1 aliphatic rings. The molecule has 104 valence electrons. The first kappa shape index (κ1) is 14.3. The van der Waals surface area contributed by atoms with Crippen molar-refractivity contribution in [1.29, 1.82) is 0 Å². The number of rotatable bonds is 6. The van der Waals surface area contributed by atoms with Crippen LogP contribution in [0, 0.1) is 0 Å². The first-order valence-electron chi connectivity index (χ1n) is 7.49. The van der Waals surface area contributed by atoms with Crippen LogP contribution in [0.25, 0.3) is 0 Å². The molecule has 1 aromatic carbocycles. The number of benzene rings is 1. The molecule has 1 aliphatic carbocycles. The Morgan fingerprint density at radius 1 is 1.21 bits per heavy atom. The number of nitrogens with one attached hydrogen (secondary N) is 1. The SMILES string of the molecule is CC(C)c1ccc(CC(=O)CNC2CCCC2)cc1. The summed E-state index contributed by atoms with van der Waals surface area (Å²) in [5, 5.41) is 3.38. The molecule has 1 aromatic rings. The summed E-state index contributed by atoms with van der Waals surface area (Å²) in [6.07, 6.45) is 5.63. The van der Waals surface area contributed by atoms with Gasteiger partial charge in [0, 0.05) is 12.5 Å². The van der Waals surface area contributed by atoms with Crippen molar-refractivity contribution in [3.05, 3.63) is 35.4 Å². The van der Waals surface area contributed by atoms with Gasteiger partial charge in [-0.15, -0.1) is 0 Å². The standard InChI is InChI=1S/C17H25NO/c1-13(2)15-9-7-14(8-10-15)11-17(19)12-18-16-5-3-4-6-16/h7-10,13,16,18H,3-6,11-12H2,1-2H3. The highest BCUT2D eigenvalue weighted by atomic mass is 16.1. The molecule has 0 aliphatic heterocycles. The summed E-state index contributed by atoms with van der Waals surface area (Å²) in [7, 11) is 0. The van der Waals surface area contributed by atoms with E-state index in [4.69, 9.17) is 0 Å². The molecule has 2 rings (SSSR count). The summed E-state index contributed by atoms with van der Waals surface area (Å²) in [5.41, 5.74) is 2.46. The lowest BCUT2D eigenvalue weighted by atomic mass is 10.00. The number of ketones is 1. The van der Waals surface area contributed by atoms with E-state index in [2.05, 4.69) is 43.4 Å². The van der Waals surface area contributed by atoms with Crippen LogP contribution in [0.15, 0.2) is 24.3 Å². The van der Waals surface area contributed by atoms with Gasteiger partial charge in [-0.25, -0.2) is 0 Å². The van der Waals surface area contributed by atoms with Crippen LogP contribution in [0.3, 0.4) is 0 Å². The van der Waals surface area contributed by atoms with Gasteiger partial charge in [-0.1, -0.05) is 51.0 Å². The van der Waals surface area contributed by atoms with Gasteiger partial charge in [0.2, 0.25) is 0 Å². The highest BCUT2D eigenvalue weighted by molar-refractivity contribution is 5.82. The predicted octanol–water partition coefficient (Wildman–Crippen LogP) is 3.45. The maximum atomic E-state index is 11.9. The van der Waals surface area contributed by atoms with Gasteiger partial charge in [0.25, 0.3) is 0 Å². The largest absolute Gasteiger partial charge is 0.307 e. The van der Waals surface area contributed by atoms with E-state index in [1.165, 1.54) is 31.2 Å². The minimum Gasteiger partial charge on any atom is -0.307 e. The number of carbonyl (C=O) groups is 1. The zero-order valence-electron chi connectivity index (χ0n) is 12.1. The van der Waals surface area contributed by atoms with Crippen LogP contribution in [-0.4, -0.2) is 18.4 Å². The Morgan fingerprint density at radius 2 is 1.84 bits per heavy atom. The molecule has 0 saturated heterocycles. The molecule has 2 nitrogen and oxygen atoms in total. The second kappa shape index (κ2) is 6.85. The molecule has 19 heavy (non-hydrogen) atoms. The van der Waals surface area contributed by atoms with E-state index in [0.29, 0.717) is 30.7 Å². The van der Waals surface area contributed by atoms with E-state index >= 15 is 0 Å². The van der Waals surface area contributed by atoms with Gasteiger partial charge in [0.1, 0.15) is 0 Å². The van der Waals surface area contributed by atoms with Crippen LogP contribution in [0.2, 0.25) is 0 Å². The van der Waals surface area contributed by atoms with Crippen molar-refractivity contribution in [3.63, 3.8) is 0 Å². The fourth-order valence-corrected chi connectivity index (χ4v) is 2.70. The van der Waals surface area contributed by atoms with Crippen LogP contribution >= 0.6 is 0 Å². The van der Waals surface area contributed by atoms with Gasteiger partial charge >= 0.3 is 0 Å². The third-order valence-electron chi connectivity index (χ3n) is 3.99. The molecule has 1 fully saturated rings. The monoisotopic (exact) mass is 259 g/mol. The van der Waals surface area contributed by atoms with Crippen molar-refractivity contribution >= 4 is 5.78 Å². The fourth-order valence-electron chi connectivity index (χ4n) is 2.70. The van der Waals surface area contributed by atoms with Crippen molar-refractivity contribution < 1.29 is 4.79 Å². The summed E-state index contributed by atoms with van der Waals surface area (Å²) in [5.74, 6) is 0.845. The van der Waals surface area contributed by atoms with Gasteiger partial charge in [0.15, 0.2) is 5.78 Å². The number of hydrogen-bond donors (Lipinski definition) is 1. The van der Waals surface area contributed by atoms with Gasteiger partial charge < -0.3 is 5.32 Å². The normalized spacial score (nSPS) is 16.2. The lowest BCUT2D eigenvalue weighted by Crippen LogP contribution is -2.32. The topological polar surface area (TPSA) is 29.1 Å². The fraction of sp³-hybridized carbons (Fsp3) is 0.588. The first-order valence-corrected chi connectivity index (χ1v) is 7.49. The van der Waals surface area contributed by atoms with E-state index in [9.17, 15) is 4.79 Å². The Balaban J connectivity index is 1.77. The van der Waals surface area contributed by atoms with E-state index in [-0.39, 0.29) is 0 Å². The zero-order chi connectivity index (χ0) is 13.7. The Morgan fingerprint density at radius 3 is 2.42 bits per heavy atom. The Labute approximate surface area is 116 Å². The molecular weight excluding hydrogens is 234 g/mol. The van der Waals surface area contributed by atoms with Crippen LogP contribution in [0.1, 0.15) is 56.6 Å². The Kier molecular flexibility index (Phi) is 5.15. The van der Waals surface area contributed by atoms with E-state index in [1.54, 1.807) is 0 Å². The molecule has 0 unspecified atom stereocenters. The van der Waals surface area contributed by atoms with Crippen molar-refractivity contribution in [1.82, 2.24) is 5.32 Å². The van der Waals surface area contributed by atoms with Crippen LogP contribution in [0.4, 0.5) is 0 Å². The molecule has 1 saturated carbocycles. The molecule has 0 heterocycles. The smallest absolute Gasteiger partial charge is 0.150 e. The number of carbonyl (C=O) groups excluding carboxylic acids is 1. The van der Waals surface area contributed by atoms with Crippen LogP contribution < -0.4 is 5.32 Å². The number of hydrogen-bond acceptors (Lipinski definition) is 2. The highest BCUT2D eigenvalue weighted by Gasteiger charge is 2.15. The molecule has 0 atom stereocenters. The lowest BCUT2D eigenvalue weighted by Gasteiger charge is -2.11. The van der Waals surface area contributed by atoms with Crippen molar-refractivity contribution in [2.24, 2.45) is 0 Å². The third-order valence-corrected chi connectivity index (χ3v) is 3.99. The van der Waals surface area contributed by atoms with Gasteiger partial charge in [0.05, 0.1) is 6.54 Å². The minimum absolute atomic E-state index is 0.296. The van der Waals surface area contributed by atoms with Crippen molar-refractivity contribution in [3.8, 4) is 0 Å². The molecule has 0 radical (unpaired) electrons. The molecule has 0 spiro atoms. The summed E-state index contributed by atoms with van der Waals surface area (Å²) in [4.78, 5) is 11.9. The van der Waals surface area contributed by atoms with Gasteiger partial charge in [-0.05, 0) is 29.9 Å². The average molecular weight is 259 g/mol. The lowest BCUT2D eigenvalue weighted by molar-refractivity contribution is -0.117. The zero-order valence-corrected chi connectivity index (χ0v) is 12.1. The summed E-state index contributed by atoms with van der Waals surface area (Å²) < 4.78 is 0. The second-order valence-corrected chi connectivity index (χ2v) is 5.97. The average Bonchev–Trinajstić information content (AvgIpc) is 2.90. The molecule has 0 aromatic heterocycles. The minimum atomic E-state index is 0.296. The quantitative estimate of drug-likeness (QED) is 0.847.